The molecule has 0 fully saturated rings. The number of carbonyl (C=O) groups is 2. The molecule has 86 valence electrons. The minimum atomic E-state index is -0.396. The van der Waals surface area contributed by atoms with Gasteiger partial charge >= 0.3 is 0 Å². The molecule has 3 heteroatoms. The van der Waals surface area contributed by atoms with Gasteiger partial charge in [-0.05, 0) is 24.5 Å². The first-order valence-corrected chi connectivity index (χ1v) is 5.44. The minimum Gasteiger partial charge on any atom is -0.343 e. The van der Waals surface area contributed by atoms with Crippen LogP contribution in [0.2, 0.25) is 0 Å². The molecule has 16 heavy (non-hydrogen) atoms. The fraction of sp³-hybridized carbons (Fsp3) is 0.385. The molecule has 1 aromatic rings. The zero-order chi connectivity index (χ0) is 12.0. The molecule has 0 bridgehead atoms. The van der Waals surface area contributed by atoms with E-state index in [4.69, 9.17) is 0 Å². The van der Waals surface area contributed by atoms with E-state index in [2.05, 4.69) is 5.32 Å². The number of carbonyl (C=O) groups excluding carboxylic acids is 2. The Morgan fingerprint density at radius 2 is 1.94 bits per heavy atom. The van der Waals surface area contributed by atoms with Crippen LogP contribution in [0, 0.1) is 5.92 Å². The Hall–Kier alpha value is -1.64. The number of benzene rings is 1. The molecule has 0 aliphatic heterocycles. The van der Waals surface area contributed by atoms with E-state index in [-0.39, 0.29) is 5.91 Å². The number of nitrogens with one attached hydrogen (secondary N) is 1. The van der Waals surface area contributed by atoms with Gasteiger partial charge in [-0.15, -0.1) is 0 Å². The van der Waals surface area contributed by atoms with Gasteiger partial charge < -0.3 is 10.1 Å². The van der Waals surface area contributed by atoms with Gasteiger partial charge in [-0.1, -0.05) is 32.0 Å². The maximum absolute atomic E-state index is 11.7. The lowest BCUT2D eigenvalue weighted by Gasteiger charge is -2.14. The van der Waals surface area contributed by atoms with Crippen molar-refractivity contribution in [2.75, 3.05) is 0 Å². The molecule has 0 heterocycles. The molecule has 0 saturated heterocycles. The van der Waals surface area contributed by atoms with Gasteiger partial charge in [0, 0.05) is 5.56 Å². The Labute approximate surface area is 95.9 Å². The molecule has 1 atom stereocenters. The smallest absolute Gasteiger partial charge is 0.251 e. The highest BCUT2D eigenvalue weighted by Gasteiger charge is 2.13. The first-order valence-electron chi connectivity index (χ1n) is 5.44. The molecular weight excluding hydrogens is 202 g/mol. The van der Waals surface area contributed by atoms with E-state index in [0.717, 1.165) is 6.29 Å². The van der Waals surface area contributed by atoms with E-state index in [1.54, 1.807) is 24.3 Å². The Kier molecular flexibility index (Phi) is 4.70. The summed E-state index contributed by atoms with van der Waals surface area (Å²) in [5, 5.41) is 2.71. The largest absolute Gasteiger partial charge is 0.343 e. The quantitative estimate of drug-likeness (QED) is 0.770. The molecule has 1 rings (SSSR count). The fourth-order valence-corrected chi connectivity index (χ4v) is 1.50. The molecule has 1 amide bonds. The Bertz CT molecular complexity index is 346. The summed E-state index contributed by atoms with van der Waals surface area (Å²) in [6, 6.07) is 8.51. The van der Waals surface area contributed by atoms with Gasteiger partial charge in [-0.3, -0.25) is 4.79 Å². The number of amides is 1. The maximum Gasteiger partial charge on any atom is 0.251 e. The number of hydrogen-bond acceptors (Lipinski definition) is 2. The van der Waals surface area contributed by atoms with Gasteiger partial charge in [0.15, 0.2) is 0 Å². The van der Waals surface area contributed by atoms with Crippen molar-refractivity contribution in [3.05, 3.63) is 35.9 Å². The normalized spacial score (nSPS) is 12.2. The lowest BCUT2D eigenvalue weighted by atomic mass is 10.0. The van der Waals surface area contributed by atoms with Crippen LogP contribution >= 0.6 is 0 Å². The number of hydrogen-bond donors (Lipinski definition) is 1. The molecule has 1 aromatic carbocycles. The van der Waals surface area contributed by atoms with E-state index < -0.39 is 6.04 Å². The standard InChI is InChI=1S/C13H17NO2/c1-10(2)8-12(9-15)14-13(16)11-6-4-3-5-7-11/h3-7,9-10,12H,8H2,1-2H3,(H,14,16). The molecule has 0 aliphatic carbocycles. The van der Waals surface area contributed by atoms with E-state index >= 15 is 0 Å². The second kappa shape index (κ2) is 6.05. The average Bonchev–Trinajstić information content (AvgIpc) is 2.28. The summed E-state index contributed by atoms with van der Waals surface area (Å²) >= 11 is 0. The average molecular weight is 219 g/mol. The molecule has 0 aliphatic rings. The van der Waals surface area contributed by atoms with Crippen molar-refractivity contribution in [1.29, 1.82) is 0 Å². The maximum atomic E-state index is 11.7. The Balaban J connectivity index is 2.59. The fourth-order valence-electron chi connectivity index (χ4n) is 1.50. The van der Waals surface area contributed by atoms with Crippen LogP contribution in [-0.4, -0.2) is 18.2 Å². The third-order valence-electron chi connectivity index (χ3n) is 2.24. The van der Waals surface area contributed by atoms with Crippen molar-refractivity contribution in [2.24, 2.45) is 5.92 Å². The van der Waals surface area contributed by atoms with E-state index in [9.17, 15) is 9.59 Å². The Morgan fingerprint density at radius 3 is 2.44 bits per heavy atom. The lowest BCUT2D eigenvalue weighted by molar-refractivity contribution is -0.109. The summed E-state index contributed by atoms with van der Waals surface area (Å²) in [5.41, 5.74) is 0.582. The van der Waals surface area contributed by atoms with Gasteiger partial charge in [0.25, 0.3) is 5.91 Å². The predicted molar refractivity (Wildman–Crippen MR) is 63.2 cm³/mol. The van der Waals surface area contributed by atoms with Gasteiger partial charge in [-0.25, -0.2) is 0 Å². The van der Waals surface area contributed by atoms with Crippen LogP contribution < -0.4 is 5.32 Å². The highest BCUT2D eigenvalue weighted by Crippen LogP contribution is 2.04. The first kappa shape index (κ1) is 12.4. The second-order valence-corrected chi connectivity index (χ2v) is 4.21. The molecule has 0 saturated carbocycles. The molecule has 3 nitrogen and oxygen atoms in total. The highest BCUT2D eigenvalue weighted by atomic mass is 16.2. The minimum absolute atomic E-state index is 0.196. The summed E-state index contributed by atoms with van der Waals surface area (Å²) in [7, 11) is 0. The zero-order valence-corrected chi connectivity index (χ0v) is 9.64. The molecule has 1 N–H and O–H groups in total. The number of rotatable bonds is 5. The van der Waals surface area contributed by atoms with Crippen LogP contribution in [0.3, 0.4) is 0 Å². The second-order valence-electron chi connectivity index (χ2n) is 4.21. The van der Waals surface area contributed by atoms with Crippen molar-refractivity contribution in [1.82, 2.24) is 5.32 Å². The highest BCUT2D eigenvalue weighted by molar-refractivity contribution is 5.95. The summed E-state index contributed by atoms with van der Waals surface area (Å²) in [6.07, 6.45) is 1.46. The van der Waals surface area contributed by atoms with Crippen molar-refractivity contribution < 1.29 is 9.59 Å². The summed E-state index contributed by atoms with van der Waals surface area (Å²) < 4.78 is 0. The summed E-state index contributed by atoms with van der Waals surface area (Å²) in [4.78, 5) is 22.5. The van der Waals surface area contributed by atoms with Crippen LogP contribution in [0.15, 0.2) is 30.3 Å². The molecule has 1 unspecified atom stereocenters. The van der Waals surface area contributed by atoms with E-state index in [1.165, 1.54) is 0 Å². The summed E-state index contributed by atoms with van der Waals surface area (Å²) in [6.45, 7) is 4.04. The van der Waals surface area contributed by atoms with Crippen LogP contribution in [0.25, 0.3) is 0 Å². The monoisotopic (exact) mass is 219 g/mol. The first-order chi connectivity index (χ1) is 7.63. The zero-order valence-electron chi connectivity index (χ0n) is 9.64. The Morgan fingerprint density at radius 1 is 1.31 bits per heavy atom. The van der Waals surface area contributed by atoms with Crippen LogP contribution in [0.1, 0.15) is 30.6 Å². The number of aldehydes is 1. The van der Waals surface area contributed by atoms with Crippen LogP contribution in [-0.2, 0) is 4.79 Å². The topological polar surface area (TPSA) is 46.2 Å². The van der Waals surface area contributed by atoms with Crippen LogP contribution in [0.4, 0.5) is 0 Å². The summed E-state index contributed by atoms with van der Waals surface area (Å²) in [5.74, 6) is 0.185. The third-order valence-corrected chi connectivity index (χ3v) is 2.24. The van der Waals surface area contributed by atoms with Gasteiger partial charge in [0.1, 0.15) is 6.29 Å². The van der Waals surface area contributed by atoms with Gasteiger partial charge in [-0.2, -0.15) is 0 Å². The van der Waals surface area contributed by atoms with E-state index in [0.29, 0.717) is 17.9 Å². The van der Waals surface area contributed by atoms with E-state index in [1.807, 2.05) is 19.9 Å². The lowest BCUT2D eigenvalue weighted by Crippen LogP contribution is -2.36. The van der Waals surface area contributed by atoms with Gasteiger partial charge in [0.05, 0.1) is 6.04 Å². The van der Waals surface area contributed by atoms with Crippen LogP contribution in [0.5, 0.6) is 0 Å². The third kappa shape index (κ3) is 3.85. The molecule has 0 aromatic heterocycles. The van der Waals surface area contributed by atoms with Crippen molar-refractivity contribution in [3.8, 4) is 0 Å². The van der Waals surface area contributed by atoms with Gasteiger partial charge in [0.2, 0.25) is 0 Å². The predicted octanol–water partition coefficient (Wildman–Crippen LogP) is 2.03. The van der Waals surface area contributed by atoms with Crippen molar-refractivity contribution in [2.45, 2.75) is 26.3 Å². The molecular formula is C13H17NO2. The SMILES string of the molecule is CC(C)CC(C=O)NC(=O)c1ccccc1. The molecule has 0 radical (unpaired) electrons. The van der Waals surface area contributed by atoms with Crippen molar-refractivity contribution >= 4 is 12.2 Å². The molecule has 0 spiro atoms. The van der Waals surface area contributed by atoms with Crippen molar-refractivity contribution in [3.63, 3.8) is 0 Å².